The van der Waals surface area contributed by atoms with Crippen molar-refractivity contribution in [3.8, 4) is 5.75 Å². The number of carbonyl (C=O) groups excluding carboxylic acids is 2. The molecule has 0 saturated carbocycles. The molecule has 0 bridgehead atoms. The Balaban J connectivity index is 0.660. The van der Waals surface area contributed by atoms with E-state index in [1.165, 1.54) is 0 Å². The van der Waals surface area contributed by atoms with Crippen molar-refractivity contribution in [3.63, 3.8) is 0 Å². The van der Waals surface area contributed by atoms with E-state index in [9.17, 15) is 9.59 Å². The molecule has 2 aliphatic rings. The first-order valence-electron chi connectivity index (χ1n) is 26.0. The van der Waals surface area contributed by atoms with Gasteiger partial charge in [0, 0.05) is 87.0 Å². The Bertz CT molecular complexity index is 2470. The smallest absolute Gasteiger partial charge is 0.241 e. The number of hydrogen-bond acceptors (Lipinski definition) is 15. The fourth-order valence-corrected chi connectivity index (χ4v) is 9.17. The van der Waals surface area contributed by atoms with Gasteiger partial charge >= 0.3 is 0 Å². The molecule has 2 amide bonds. The van der Waals surface area contributed by atoms with Crippen molar-refractivity contribution >= 4 is 34.0 Å². The van der Waals surface area contributed by atoms with Crippen LogP contribution in [0.2, 0.25) is 0 Å². The molecular weight excluding hydrogens is 943 g/mol. The van der Waals surface area contributed by atoms with Crippen LogP contribution in [-0.2, 0) is 54.6 Å². The molecule has 2 aromatic heterocycles. The fourth-order valence-electron chi connectivity index (χ4n) is 9.17. The number of nitrogens with zero attached hydrogens (tertiary/aromatic N) is 4. The number of pyridine rings is 2. The van der Waals surface area contributed by atoms with Crippen LogP contribution in [0, 0.1) is 0 Å². The van der Waals surface area contributed by atoms with Gasteiger partial charge in [-0.25, -0.2) is 0 Å². The van der Waals surface area contributed by atoms with E-state index in [0.29, 0.717) is 131 Å². The Kier molecular flexibility index (Phi) is 23.0. The number of rotatable bonds is 33. The van der Waals surface area contributed by atoms with E-state index in [1.54, 1.807) is 13.3 Å². The van der Waals surface area contributed by atoms with Crippen molar-refractivity contribution in [2.45, 2.75) is 50.6 Å². The first-order chi connectivity index (χ1) is 36.2. The maximum absolute atomic E-state index is 13.9. The van der Waals surface area contributed by atoms with Crippen molar-refractivity contribution in [2.24, 2.45) is 0 Å². The number of benzene rings is 3. The average molecular weight is 1020 g/mol. The van der Waals surface area contributed by atoms with Crippen LogP contribution >= 0.6 is 0 Å². The predicted molar refractivity (Wildman–Crippen MR) is 286 cm³/mol. The van der Waals surface area contributed by atoms with Gasteiger partial charge in [-0.1, -0.05) is 62.4 Å². The summed E-state index contributed by atoms with van der Waals surface area (Å²) in [5.74, 6) is 0.427. The molecule has 1 saturated heterocycles. The number of carbonyl (C=O) groups is 2. The molecule has 2 aliphatic heterocycles. The minimum atomic E-state index is -0.364. The number of amides is 2. The Labute approximate surface area is 436 Å². The number of piperazine rings is 1. The number of anilines is 2. The summed E-state index contributed by atoms with van der Waals surface area (Å²) < 4.78 is 45.4. The van der Waals surface area contributed by atoms with Gasteiger partial charge in [-0.05, 0) is 71.8 Å². The lowest BCUT2D eigenvalue weighted by molar-refractivity contribution is -0.121. The van der Waals surface area contributed by atoms with Gasteiger partial charge < -0.3 is 58.7 Å². The van der Waals surface area contributed by atoms with Crippen molar-refractivity contribution < 1.29 is 47.5 Å². The molecular formula is C57H77N7O10. The van der Waals surface area contributed by atoms with Gasteiger partial charge in [0.25, 0.3) is 0 Å². The van der Waals surface area contributed by atoms with Gasteiger partial charge in [-0.15, -0.1) is 0 Å². The lowest BCUT2D eigenvalue weighted by Crippen LogP contribution is -2.59. The number of hydrogen-bond donors (Lipinski definition) is 3. The normalized spacial score (nSPS) is 16.8. The van der Waals surface area contributed by atoms with Crippen molar-refractivity contribution in [1.29, 1.82) is 0 Å². The molecule has 400 valence electrons. The lowest BCUT2D eigenvalue weighted by Gasteiger charge is -2.39. The molecule has 74 heavy (non-hydrogen) atoms. The highest BCUT2D eigenvalue weighted by Crippen LogP contribution is 2.40. The van der Waals surface area contributed by atoms with Gasteiger partial charge in [0.2, 0.25) is 11.8 Å². The fraction of sp³-hybridized carbons (Fsp3) is 0.509. The largest absolute Gasteiger partial charge is 0.491 e. The Morgan fingerprint density at radius 3 is 2.15 bits per heavy atom. The summed E-state index contributed by atoms with van der Waals surface area (Å²) in [6.07, 6.45) is 6.16. The topological polar surface area (TPSA) is 176 Å². The van der Waals surface area contributed by atoms with Crippen LogP contribution in [0.15, 0.2) is 104 Å². The van der Waals surface area contributed by atoms with Crippen molar-refractivity contribution in [1.82, 2.24) is 25.5 Å². The highest BCUT2D eigenvalue weighted by molar-refractivity contribution is 5.98. The predicted octanol–water partition coefficient (Wildman–Crippen LogP) is 5.64. The minimum absolute atomic E-state index is 0.0742. The van der Waals surface area contributed by atoms with Crippen LogP contribution in [0.1, 0.15) is 49.1 Å². The highest BCUT2D eigenvalue weighted by atomic mass is 16.6. The van der Waals surface area contributed by atoms with E-state index < -0.39 is 0 Å². The minimum Gasteiger partial charge on any atom is -0.491 e. The third kappa shape index (κ3) is 17.9. The molecule has 3 N–H and O–H groups in total. The SMILES string of the molecule is COC[C@H]1CN[C@H](C)CN1CC(=O)N1CC(C)(C)c2ncc(Cc3cccc(OCCOCCOCCOCCOCCOCCOCCNC[C@@H](C(=O)Nc4ccc5cnccc5c4)c4ccccc4)c3)cc21. The third-order valence-electron chi connectivity index (χ3n) is 13.0. The number of methoxy groups -OCH3 is 1. The molecule has 0 unspecified atom stereocenters. The maximum Gasteiger partial charge on any atom is 0.241 e. The van der Waals surface area contributed by atoms with Crippen LogP contribution in [0.5, 0.6) is 5.75 Å². The molecule has 5 aromatic rings. The van der Waals surface area contributed by atoms with Gasteiger partial charge in [0.1, 0.15) is 12.4 Å². The lowest BCUT2D eigenvalue weighted by atomic mass is 9.91. The van der Waals surface area contributed by atoms with Crippen LogP contribution in [0.25, 0.3) is 10.8 Å². The average Bonchev–Trinajstić information content (AvgIpc) is 3.68. The summed E-state index contributed by atoms with van der Waals surface area (Å²) in [6, 6.07) is 28.2. The third-order valence-corrected chi connectivity index (χ3v) is 13.0. The van der Waals surface area contributed by atoms with E-state index in [4.69, 9.17) is 42.9 Å². The molecule has 0 radical (unpaired) electrons. The molecule has 1 fully saturated rings. The van der Waals surface area contributed by atoms with E-state index in [0.717, 1.165) is 63.4 Å². The van der Waals surface area contributed by atoms with E-state index in [2.05, 4.69) is 58.7 Å². The summed E-state index contributed by atoms with van der Waals surface area (Å²) >= 11 is 0. The van der Waals surface area contributed by atoms with Gasteiger partial charge in [0.15, 0.2) is 0 Å². The van der Waals surface area contributed by atoms with Crippen LogP contribution in [-0.4, -0.2) is 178 Å². The molecule has 0 aliphatic carbocycles. The van der Waals surface area contributed by atoms with E-state index in [-0.39, 0.29) is 29.2 Å². The standard InChI is InChI=1S/C57H77N7O10/c1-43-39-63(50(37-60-43)41-67-4)40-54(65)64-42-57(2,3)55-53(64)33-45(35-61-55)31-44-9-8-12-51(32-44)74-30-29-73-28-27-72-26-25-71-24-23-70-22-21-69-20-19-68-18-17-59-38-52(46-10-6-5-7-11-46)56(66)62-49-14-13-48-36-58-16-15-47(48)34-49/h5-16,32-36,43,50,52,59-60H,17-31,37-42H2,1-4H3,(H,62,66)/t43-,50-,52-/m1/s1. The Hall–Kier alpha value is -5.44. The molecule has 3 atom stereocenters. The molecule has 7 rings (SSSR count). The molecule has 0 spiro atoms. The summed E-state index contributed by atoms with van der Waals surface area (Å²) in [7, 11) is 1.71. The molecule has 17 heteroatoms. The maximum atomic E-state index is 13.9. The number of ether oxygens (including phenoxy) is 8. The quantitative estimate of drug-likeness (QED) is 0.0440. The zero-order valence-corrected chi connectivity index (χ0v) is 43.8. The summed E-state index contributed by atoms with van der Waals surface area (Å²) in [4.78, 5) is 40.5. The number of fused-ring (bicyclic) bond motifs is 2. The highest BCUT2D eigenvalue weighted by Gasteiger charge is 2.40. The summed E-state index contributed by atoms with van der Waals surface area (Å²) in [5, 5.41) is 12.0. The summed E-state index contributed by atoms with van der Waals surface area (Å²) in [6.45, 7) is 16.7. The van der Waals surface area contributed by atoms with Crippen LogP contribution < -0.4 is 25.6 Å². The van der Waals surface area contributed by atoms with Crippen LogP contribution in [0.3, 0.4) is 0 Å². The number of nitrogens with one attached hydrogen (secondary N) is 3. The second-order valence-electron chi connectivity index (χ2n) is 19.4. The zero-order chi connectivity index (χ0) is 51.8. The van der Waals surface area contributed by atoms with Gasteiger partial charge in [-0.3, -0.25) is 24.5 Å². The van der Waals surface area contributed by atoms with E-state index >= 15 is 0 Å². The monoisotopic (exact) mass is 1020 g/mol. The molecule has 4 heterocycles. The summed E-state index contributed by atoms with van der Waals surface area (Å²) in [5.41, 5.74) is 5.46. The second-order valence-corrected chi connectivity index (χ2v) is 19.4. The molecule has 3 aromatic carbocycles. The first kappa shape index (κ1) is 56.3. The van der Waals surface area contributed by atoms with E-state index in [1.807, 2.05) is 90.1 Å². The molecule has 17 nitrogen and oxygen atoms in total. The van der Waals surface area contributed by atoms with Crippen molar-refractivity contribution in [2.75, 3.05) is 149 Å². The number of aromatic nitrogens is 2. The first-order valence-corrected chi connectivity index (χ1v) is 26.0. The second kappa shape index (κ2) is 30.2. The van der Waals surface area contributed by atoms with Gasteiger partial charge in [0.05, 0.1) is 110 Å². The Morgan fingerprint density at radius 1 is 0.757 bits per heavy atom. The van der Waals surface area contributed by atoms with Gasteiger partial charge in [-0.2, -0.15) is 0 Å². The zero-order valence-electron chi connectivity index (χ0n) is 43.8. The Morgan fingerprint density at radius 2 is 1.45 bits per heavy atom. The van der Waals surface area contributed by atoms with Crippen molar-refractivity contribution in [3.05, 3.63) is 126 Å². The van der Waals surface area contributed by atoms with Crippen LogP contribution in [0.4, 0.5) is 11.4 Å².